The Morgan fingerprint density at radius 3 is 2.71 bits per heavy atom. The molecule has 0 spiro atoms. The van der Waals surface area contributed by atoms with E-state index in [2.05, 4.69) is 14.9 Å². The van der Waals surface area contributed by atoms with Gasteiger partial charge in [0.25, 0.3) is 0 Å². The van der Waals surface area contributed by atoms with Gasteiger partial charge >= 0.3 is 0 Å². The molecular weight excluding hydrogens is 507 g/mol. The number of rotatable bonds is 9. The molecule has 2 aliphatic heterocycles. The van der Waals surface area contributed by atoms with Crippen LogP contribution in [0.5, 0.6) is 5.75 Å². The van der Waals surface area contributed by atoms with Crippen molar-refractivity contribution in [1.29, 1.82) is 5.41 Å². The summed E-state index contributed by atoms with van der Waals surface area (Å²) in [6, 6.07) is 4.74. The number of nitrogens with zero attached hydrogens (tertiary/aromatic N) is 4. The summed E-state index contributed by atoms with van der Waals surface area (Å²) in [5.74, 6) is 2.77. The summed E-state index contributed by atoms with van der Waals surface area (Å²) in [4.78, 5) is 25.2. The molecule has 10 heteroatoms. The van der Waals surface area contributed by atoms with E-state index in [1.54, 1.807) is 29.4 Å². The summed E-state index contributed by atoms with van der Waals surface area (Å²) < 4.78 is 20.6. The van der Waals surface area contributed by atoms with Gasteiger partial charge in [0.2, 0.25) is 11.9 Å². The molecule has 0 radical (unpaired) electrons. The fourth-order valence-electron chi connectivity index (χ4n) is 5.69. The summed E-state index contributed by atoms with van der Waals surface area (Å²) in [5, 5.41) is 8.00. The second-order valence-corrected chi connectivity index (χ2v) is 10.9. The first kappa shape index (κ1) is 26.4. The Morgan fingerprint density at radius 1 is 1.24 bits per heavy atom. The molecule has 1 aromatic carbocycles. The zero-order chi connectivity index (χ0) is 26.6. The average Bonchev–Trinajstić information content (AvgIpc) is 3.70. The van der Waals surface area contributed by atoms with E-state index in [0.29, 0.717) is 59.6 Å². The minimum Gasteiger partial charge on any atom is -0.493 e. The molecule has 3 heterocycles. The molecule has 5 rings (SSSR count). The predicted octanol–water partition coefficient (Wildman–Crippen LogP) is 4.23. The number of aromatic nitrogens is 2. The summed E-state index contributed by atoms with van der Waals surface area (Å²) in [5.41, 5.74) is 7.52. The molecule has 3 N–H and O–H groups in total. The van der Waals surface area contributed by atoms with Gasteiger partial charge in [-0.05, 0) is 55.1 Å². The Balaban J connectivity index is 1.03. The molecule has 2 atom stereocenters. The molecule has 2 fully saturated rings. The van der Waals surface area contributed by atoms with Crippen LogP contribution in [0.25, 0.3) is 0 Å². The van der Waals surface area contributed by atoms with Crippen molar-refractivity contribution in [2.24, 2.45) is 23.5 Å². The van der Waals surface area contributed by atoms with Crippen LogP contribution in [0, 0.1) is 29.0 Å². The molecule has 1 aliphatic carbocycles. The van der Waals surface area contributed by atoms with Gasteiger partial charge in [0.15, 0.2) is 0 Å². The van der Waals surface area contributed by atoms with Crippen LogP contribution >= 0.6 is 11.6 Å². The third kappa shape index (κ3) is 6.26. The molecule has 1 saturated carbocycles. The van der Waals surface area contributed by atoms with Gasteiger partial charge in [-0.15, -0.1) is 0 Å². The van der Waals surface area contributed by atoms with Gasteiger partial charge in [-0.3, -0.25) is 4.79 Å². The lowest BCUT2D eigenvalue weighted by atomic mass is 9.90. The van der Waals surface area contributed by atoms with Gasteiger partial charge in [-0.2, -0.15) is 0 Å². The van der Waals surface area contributed by atoms with Gasteiger partial charge in [-0.25, -0.2) is 14.4 Å². The third-order valence-corrected chi connectivity index (χ3v) is 8.28. The minimum atomic E-state index is -0.434. The van der Waals surface area contributed by atoms with Crippen molar-refractivity contribution in [1.82, 2.24) is 14.9 Å². The van der Waals surface area contributed by atoms with Gasteiger partial charge in [0.1, 0.15) is 11.6 Å². The fraction of sp³-hybridized carbons (Fsp3) is 0.500. The fourth-order valence-corrected chi connectivity index (χ4v) is 5.79. The normalized spacial score (nSPS) is 21.9. The molecule has 1 amide bonds. The lowest BCUT2D eigenvalue weighted by molar-refractivity contribution is -0.130. The summed E-state index contributed by atoms with van der Waals surface area (Å²) in [6.07, 6.45) is 9.47. The van der Waals surface area contributed by atoms with Crippen molar-refractivity contribution in [2.45, 2.75) is 38.5 Å². The molecule has 2 aromatic rings. The Hall–Kier alpha value is -3.20. The molecular formula is C28H34ClFN6O2. The SMILES string of the molecule is N=CC1=C(N)CCN(C(=O)Cc2ccc(OCC[C@@H]3C[C@@H]3C3CCN(c4ncc(Cl)cn4)CC3)cc2F)C1. The lowest BCUT2D eigenvalue weighted by Gasteiger charge is -2.32. The van der Waals surface area contributed by atoms with Gasteiger partial charge in [0.05, 0.1) is 30.4 Å². The first-order chi connectivity index (χ1) is 18.4. The summed E-state index contributed by atoms with van der Waals surface area (Å²) in [6.45, 7) is 3.28. The smallest absolute Gasteiger partial charge is 0.227 e. The Bertz CT molecular complexity index is 1200. The van der Waals surface area contributed by atoms with Gasteiger partial charge < -0.3 is 25.7 Å². The Labute approximate surface area is 227 Å². The van der Waals surface area contributed by atoms with E-state index in [1.165, 1.54) is 18.7 Å². The van der Waals surface area contributed by atoms with Gasteiger partial charge in [-0.1, -0.05) is 17.7 Å². The number of benzene rings is 1. The van der Waals surface area contributed by atoms with E-state index in [0.717, 1.165) is 50.1 Å². The van der Waals surface area contributed by atoms with Crippen molar-refractivity contribution >= 4 is 29.7 Å². The third-order valence-electron chi connectivity index (χ3n) is 8.09. The Kier molecular flexibility index (Phi) is 8.12. The number of nitrogens with two attached hydrogens (primary N) is 1. The molecule has 0 bridgehead atoms. The molecule has 202 valence electrons. The zero-order valence-corrected chi connectivity index (χ0v) is 22.2. The van der Waals surface area contributed by atoms with E-state index < -0.39 is 5.82 Å². The zero-order valence-electron chi connectivity index (χ0n) is 21.4. The number of carbonyl (C=O) groups is 1. The van der Waals surface area contributed by atoms with Crippen LogP contribution in [-0.2, 0) is 11.2 Å². The monoisotopic (exact) mass is 540 g/mol. The highest BCUT2D eigenvalue weighted by atomic mass is 35.5. The van der Waals surface area contributed by atoms with Crippen molar-refractivity contribution in [3.05, 3.63) is 58.3 Å². The van der Waals surface area contributed by atoms with Crippen LogP contribution in [0.3, 0.4) is 0 Å². The quantitative estimate of drug-likeness (QED) is 0.461. The highest BCUT2D eigenvalue weighted by Gasteiger charge is 2.43. The maximum Gasteiger partial charge on any atom is 0.227 e. The van der Waals surface area contributed by atoms with E-state index in [1.807, 2.05) is 0 Å². The van der Waals surface area contributed by atoms with E-state index in [-0.39, 0.29) is 12.3 Å². The number of piperidine rings is 1. The first-order valence-corrected chi connectivity index (χ1v) is 13.7. The van der Waals surface area contributed by atoms with Crippen LogP contribution in [0.15, 0.2) is 41.9 Å². The van der Waals surface area contributed by atoms with E-state index in [4.69, 9.17) is 27.5 Å². The largest absolute Gasteiger partial charge is 0.493 e. The van der Waals surface area contributed by atoms with Crippen molar-refractivity contribution in [3.8, 4) is 5.75 Å². The number of hydrogen-bond donors (Lipinski definition) is 2. The number of ether oxygens (including phenoxy) is 1. The maximum atomic E-state index is 14.7. The van der Waals surface area contributed by atoms with Crippen LogP contribution in [-0.4, -0.2) is 59.8 Å². The van der Waals surface area contributed by atoms with Crippen LogP contribution in [0.4, 0.5) is 10.3 Å². The number of hydrogen-bond acceptors (Lipinski definition) is 7. The van der Waals surface area contributed by atoms with E-state index in [9.17, 15) is 9.18 Å². The second kappa shape index (κ2) is 11.7. The van der Waals surface area contributed by atoms with Crippen molar-refractivity contribution in [2.75, 3.05) is 37.7 Å². The summed E-state index contributed by atoms with van der Waals surface area (Å²) in [7, 11) is 0. The molecule has 1 saturated heterocycles. The molecule has 8 nitrogen and oxygen atoms in total. The molecule has 1 aromatic heterocycles. The maximum absolute atomic E-state index is 14.7. The predicted molar refractivity (Wildman–Crippen MR) is 145 cm³/mol. The van der Waals surface area contributed by atoms with Crippen molar-refractivity contribution < 1.29 is 13.9 Å². The number of carbonyl (C=O) groups excluding carboxylic acids is 1. The summed E-state index contributed by atoms with van der Waals surface area (Å²) >= 11 is 5.90. The standard InChI is InChI=1S/C28H34ClFN6O2/c29-22-15-33-28(34-16-22)35-7-3-18(4-8-35)24-11-19(24)6-10-38-23-2-1-20(25(30)13-23)12-27(37)36-9-5-26(32)21(14-31)17-36/h1-2,13-16,18-19,24,31H,3-12,17,32H2/t19-,24-/m1/s1. The van der Waals surface area contributed by atoms with E-state index >= 15 is 0 Å². The van der Waals surface area contributed by atoms with Crippen LogP contribution in [0.1, 0.15) is 37.7 Å². The number of amides is 1. The minimum absolute atomic E-state index is 0.0238. The number of halogens is 2. The van der Waals surface area contributed by atoms with Crippen LogP contribution < -0.4 is 15.4 Å². The Morgan fingerprint density at radius 2 is 2.00 bits per heavy atom. The van der Waals surface area contributed by atoms with Crippen molar-refractivity contribution in [3.63, 3.8) is 0 Å². The lowest BCUT2D eigenvalue weighted by Crippen LogP contribution is -2.39. The first-order valence-electron chi connectivity index (χ1n) is 13.3. The number of anilines is 1. The topological polar surface area (TPSA) is 108 Å². The van der Waals surface area contributed by atoms with Crippen LogP contribution in [0.2, 0.25) is 5.02 Å². The molecule has 3 aliphatic rings. The average molecular weight is 541 g/mol. The second-order valence-electron chi connectivity index (χ2n) is 10.5. The molecule has 38 heavy (non-hydrogen) atoms. The number of nitrogens with one attached hydrogen (secondary N) is 1. The highest BCUT2D eigenvalue weighted by Crippen LogP contribution is 2.49. The highest BCUT2D eigenvalue weighted by molar-refractivity contribution is 6.30. The molecule has 0 unspecified atom stereocenters. The van der Waals surface area contributed by atoms with Gasteiger partial charge in [0, 0.05) is 56.2 Å².